The van der Waals surface area contributed by atoms with E-state index < -0.39 is 0 Å². The van der Waals surface area contributed by atoms with Crippen LogP contribution >= 0.6 is 27.5 Å². The maximum absolute atomic E-state index is 12.7. The van der Waals surface area contributed by atoms with Crippen LogP contribution in [-0.4, -0.2) is 10.8 Å². The summed E-state index contributed by atoms with van der Waals surface area (Å²) < 4.78 is 0.909. The minimum atomic E-state index is -0.00248. The van der Waals surface area contributed by atoms with E-state index in [-0.39, 0.29) is 5.78 Å². The van der Waals surface area contributed by atoms with Crippen LogP contribution in [0.25, 0.3) is 10.9 Å². The fourth-order valence-electron chi connectivity index (χ4n) is 2.35. The topological polar surface area (TPSA) is 32.9 Å². The summed E-state index contributed by atoms with van der Waals surface area (Å²) in [5.74, 6) is -0.00248. The van der Waals surface area contributed by atoms with E-state index in [2.05, 4.69) is 20.9 Å². The fraction of sp³-hybridized carbons (Fsp3) is 0.0625. The van der Waals surface area contributed by atoms with Gasteiger partial charge in [-0.25, -0.2) is 0 Å². The third-order valence-corrected chi connectivity index (χ3v) is 4.23. The molecule has 0 aliphatic heterocycles. The zero-order valence-electron chi connectivity index (χ0n) is 10.7. The summed E-state index contributed by atoms with van der Waals surface area (Å²) in [5, 5.41) is 1.55. The SMILES string of the molecule is Cc1cc(Cl)ccc1C(=O)c1c[nH]c2cccc(Br)c12. The van der Waals surface area contributed by atoms with Gasteiger partial charge in [-0.1, -0.05) is 33.6 Å². The minimum absolute atomic E-state index is 0.00248. The summed E-state index contributed by atoms with van der Waals surface area (Å²) in [6, 6.07) is 11.1. The molecule has 0 atom stereocenters. The summed E-state index contributed by atoms with van der Waals surface area (Å²) in [6.07, 6.45) is 1.76. The Morgan fingerprint density at radius 1 is 1.20 bits per heavy atom. The molecule has 0 spiro atoms. The van der Waals surface area contributed by atoms with Crippen molar-refractivity contribution in [3.8, 4) is 0 Å². The summed E-state index contributed by atoms with van der Waals surface area (Å²) in [6.45, 7) is 1.89. The number of rotatable bonds is 2. The highest BCUT2D eigenvalue weighted by Crippen LogP contribution is 2.29. The first-order chi connectivity index (χ1) is 9.58. The Bertz CT molecular complexity index is 822. The van der Waals surface area contributed by atoms with Crippen LogP contribution in [-0.2, 0) is 0 Å². The van der Waals surface area contributed by atoms with Gasteiger partial charge in [0.05, 0.1) is 0 Å². The number of halogens is 2. The second-order valence-electron chi connectivity index (χ2n) is 4.65. The van der Waals surface area contributed by atoms with E-state index >= 15 is 0 Å². The molecule has 0 aliphatic rings. The Labute approximate surface area is 129 Å². The van der Waals surface area contributed by atoms with Crippen LogP contribution in [0.1, 0.15) is 21.5 Å². The van der Waals surface area contributed by atoms with Crippen LogP contribution in [0.15, 0.2) is 47.1 Å². The molecule has 3 aromatic rings. The second-order valence-corrected chi connectivity index (χ2v) is 5.94. The molecule has 20 heavy (non-hydrogen) atoms. The van der Waals surface area contributed by atoms with Gasteiger partial charge in [-0.05, 0) is 42.8 Å². The number of ketones is 1. The Morgan fingerprint density at radius 2 is 2.00 bits per heavy atom. The quantitative estimate of drug-likeness (QED) is 0.640. The molecule has 1 aromatic heterocycles. The number of hydrogen-bond acceptors (Lipinski definition) is 1. The summed E-state index contributed by atoms with van der Waals surface area (Å²) in [5.41, 5.74) is 3.15. The van der Waals surface area contributed by atoms with Gasteiger partial charge in [0.2, 0.25) is 0 Å². The Kier molecular flexibility index (Phi) is 3.40. The van der Waals surface area contributed by atoms with Crippen LogP contribution < -0.4 is 0 Å². The average molecular weight is 349 g/mol. The number of hydrogen-bond donors (Lipinski definition) is 1. The van der Waals surface area contributed by atoms with Gasteiger partial charge in [0.1, 0.15) is 0 Å². The summed E-state index contributed by atoms with van der Waals surface area (Å²) in [4.78, 5) is 15.9. The third kappa shape index (κ3) is 2.17. The molecule has 3 rings (SSSR count). The van der Waals surface area contributed by atoms with Gasteiger partial charge < -0.3 is 4.98 Å². The highest BCUT2D eigenvalue weighted by atomic mass is 79.9. The lowest BCUT2D eigenvalue weighted by atomic mass is 9.99. The number of carbonyl (C=O) groups is 1. The molecule has 2 nitrogen and oxygen atoms in total. The zero-order valence-corrected chi connectivity index (χ0v) is 13.0. The molecular formula is C16H11BrClNO. The molecule has 1 N–H and O–H groups in total. The number of benzene rings is 2. The predicted molar refractivity (Wildman–Crippen MR) is 85.6 cm³/mol. The number of aryl methyl sites for hydroxylation is 1. The molecule has 1 heterocycles. The molecular weight excluding hydrogens is 338 g/mol. The van der Waals surface area contributed by atoms with Gasteiger partial charge in [-0.2, -0.15) is 0 Å². The van der Waals surface area contributed by atoms with Gasteiger partial charge >= 0.3 is 0 Å². The number of H-pyrrole nitrogens is 1. The van der Waals surface area contributed by atoms with Crippen LogP contribution in [0, 0.1) is 6.92 Å². The standard InChI is InChI=1S/C16H11BrClNO/c1-9-7-10(18)5-6-11(9)16(20)12-8-19-14-4-2-3-13(17)15(12)14/h2-8,19H,1H3. The molecule has 0 fully saturated rings. The number of nitrogens with one attached hydrogen (secondary N) is 1. The Balaban J connectivity index is 2.18. The van der Waals surface area contributed by atoms with Crippen molar-refractivity contribution in [1.29, 1.82) is 0 Å². The smallest absolute Gasteiger partial charge is 0.195 e. The maximum Gasteiger partial charge on any atom is 0.195 e. The van der Waals surface area contributed by atoms with E-state index in [0.717, 1.165) is 20.9 Å². The highest BCUT2D eigenvalue weighted by molar-refractivity contribution is 9.10. The molecule has 2 aromatic carbocycles. The second kappa shape index (κ2) is 5.08. The lowest BCUT2D eigenvalue weighted by molar-refractivity contribution is 0.103. The highest BCUT2D eigenvalue weighted by Gasteiger charge is 2.17. The molecule has 0 bridgehead atoms. The number of aromatic amines is 1. The normalized spacial score (nSPS) is 10.9. The van der Waals surface area contributed by atoms with Crippen LogP contribution in [0.3, 0.4) is 0 Å². The molecule has 0 amide bonds. The van der Waals surface area contributed by atoms with Crippen LogP contribution in [0.4, 0.5) is 0 Å². The van der Waals surface area contributed by atoms with E-state index in [4.69, 9.17) is 11.6 Å². The van der Waals surface area contributed by atoms with Crippen molar-refractivity contribution in [2.45, 2.75) is 6.92 Å². The molecule has 0 aliphatic carbocycles. The van der Waals surface area contributed by atoms with E-state index in [1.165, 1.54) is 0 Å². The van der Waals surface area contributed by atoms with Crippen molar-refractivity contribution in [2.75, 3.05) is 0 Å². The minimum Gasteiger partial charge on any atom is -0.360 e. The molecule has 0 unspecified atom stereocenters. The molecule has 0 radical (unpaired) electrons. The molecule has 4 heteroatoms. The maximum atomic E-state index is 12.7. The lowest BCUT2D eigenvalue weighted by Gasteiger charge is -2.05. The lowest BCUT2D eigenvalue weighted by Crippen LogP contribution is -2.03. The Morgan fingerprint density at radius 3 is 2.75 bits per heavy atom. The van der Waals surface area contributed by atoms with Crippen molar-refractivity contribution in [2.24, 2.45) is 0 Å². The first-order valence-electron chi connectivity index (χ1n) is 6.14. The largest absolute Gasteiger partial charge is 0.360 e. The van der Waals surface area contributed by atoms with Gasteiger partial charge in [-0.15, -0.1) is 0 Å². The number of carbonyl (C=O) groups excluding carboxylic acids is 1. The van der Waals surface area contributed by atoms with Crippen molar-refractivity contribution >= 4 is 44.2 Å². The number of fused-ring (bicyclic) bond motifs is 1. The van der Waals surface area contributed by atoms with Gasteiger partial charge in [-0.3, -0.25) is 4.79 Å². The van der Waals surface area contributed by atoms with Crippen molar-refractivity contribution in [3.05, 3.63) is 68.8 Å². The molecule has 100 valence electrons. The third-order valence-electron chi connectivity index (χ3n) is 3.33. The average Bonchev–Trinajstić information content (AvgIpc) is 2.83. The van der Waals surface area contributed by atoms with Gasteiger partial charge in [0.25, 0.3) is 0 Å². The monoisotopic (exact) mass is 347 g/mol. The zero-order chi connectivity index (χ0) is 14.3. The predicted octanol–water partition coefficient (Wildman–Crippen LogP) is 5.12. The van der Waals surface area contributed by atoms with E-state index in [1.54, 1.807) is 24.4 Å². The van der Waals surface area contributed by atoms with Crippen LogP contribution in [0.5, 0.6) is 0 Å². The summed E-state index contributed by atoms with van der Waals surface area (Å²) >= 11 is 9.45. The van der Waals surface area contributed by atoms with Crippen molar-refractivity contribution < 1.29 is 4.79 Å². The summed E-state index contributed by atoms with van der Waals surface area (Å²) in [7, 11) is 0. The van der Waals surface area contributed by atoms with E-state index in [9.17, 15) is 4.79 Å². The molecule has 0 saturated carbocycles. The van der Waals surface area contributed by atoms with Crippen molar-refractivity contribution in [3.63, 3.8) is 0 Å². The van der Waals surface area contributed by atoms with Gasteiger partial charge in [0.15, 0.2) is 5.78 Å². The van der Waals surface area contributed by atoms with Crippen molar-refractivity contribution in [1.82, 2.24) is 4.98 Å². The first-order valence-corrected chi connectivity index (χ1v) is 7.31. The first kappa shape index (κ1) is 13.4. The molecule has 0 saturated heterocycles. The van der Waals surface area contributed by atoms with E-state index in [0.29, 0.717) is 16.1 Å². The van der Waals surface area contributed by atoms with Crippen LogP contribution in [0.2, 0.25) is 5.02 Å². The Hall–Kier alpha value is -1.58. The fourth-order valence-corrected chi connectivity index (χ4v) is 3.15. The van der Waals surface area contributed by atoms with E-state index in [1.807, 2.05) is 25.1 Å². The number of aromatic nitrogens is 1. The van der Waals surface area contributed by atoms with Gasteiger partial charge in [0, 0.05) is 37.7 Å².